The standard InChI is InChI=1S/C18H19ClN2O3/c1-12(22)20-17(13-3-9-16(24-2)10-4-13)11-18(23)21-15-7-5-14(19)6-8-15/h3-10,17H,11H2,1-2H3,(H,20,22)(H,21,23). The number of methoxy groups -OCH3 is 1. The van der Waals surface area contributed by atoms with Crippen LogP contribution in [0.25, 0.3) is 0 Å². The Labute approximate surface area is 146 Å². The van der Waals surface area contributed by atoms with E-state index in [9.17, 15) is 9.59 Å². The molecular weight excluding hydrogens is 328 g/mol. The topological polar surface area (TPSA) is 67.4 Å². The van der Waals surface area contributed by atoms with Crippen LogP contribution in [0.1, 0.15) is 24.9 Å². The summed E-state index contributed by atoms with van der Waals surface area (Å²) in [6.07, 6.45) is 0.120. The van der Waals surface area contributed by atoms with E-state index in [2.05, 4.69) is 10.6 Å². The van der Waals surface area contributed by atoms with Crippen LogP contribution in [-0.4, -0.2) is 18.9 Å². The van der Waals surface area contributed by atoms with Gasteiger partial charge in [0.1, 0.15) is 5.75 Å². The van der Waals surface area contributed by atoms with Gasteiger partial charge in [0.15, 0.2) is 0 Å². The molecule has 0 aliphatic rings. The average molecular weight is 347 g/mol. The number of hydrogen-bond donors (Lipinski definition) is 2. The van der Waals surface area contributed by atoms with Gasteiger partial charge in [-0.3, -0.25) is 9.59 Å². The van der Waals surface area contributed by atoms with E-state index in [-0.39, 0.29) is 18.2 Å². The fourth-order valence-electron chi connectivity index (χ4n) is 2.26. The highest BCUT2D eigenvalue weighted by atomic mass is 35.5. The second-order valence-electron chi connectivity index (χ2n) is 5.29. The van der Waals surface area contributed by atoms with Crippen LogP contribution in [0.5, 0.6) is 5.75 Å². The van der Waals surface area contributed by atoms with Gasteiger partial charge in [0.2, 0.25) is 11.8 Å². The molecule has 24 heavy (non-hydrogen) atoms. The van der Waals surface area contributed by atoms with Crippen LogP contribution in [0.4, 0.5) is 5.69 Å². The molecule has 126 valence electrons. The van der Waals surface area contributed by atoms with Crippen molar-refractivity contribution in [3.63, 3.8) is 0 Å². The number of carbonyl (C=O) groups is 2. The third kappa shape index (κ3) is 5.28. The first-order valence-electron chi connectivity index (χ1n) is 7.44. The molecule has 2 N–H and O–H groups in total. The molecule has 0 bridgehead atoms. The monoisotopic (exact) mass is 346 g/mol. The third-order valence-electron chi connectivity index (χ3n) is 3.41. The number of benzene rings is 2. The Morgan fingerprint density at radius 2 is 1.71 bits per heavy atom. The van der Waals surface area contributed by atoms with Crippen molar-refractivity contribution in [1.29, 1.82) is 0 Å². The molecular formula is C18H19ClN2O3. The van der Waals surface area contributed by atoms with Gasteiger partial charge in [-0.05, 0) is 42.0 Å². The Hall–Kier alpha value is -2.53. The Morgan fingerprint density at radius 1 is 1.08 bits per heavy atom. The van der Waals surface area contributed by atoms with Gasteiger partial charge in [-0.2, -0.15) is 0 Å². The highest BCUT2D eigenvalue weighted by Crippen LogP contribution is 2.21. The van der Waals surface area contributed by atoms with Gasteiger partial charge in [-0.1, -0.05) is 23.7 Å². The molecule has 0 aromatic heterocycles. The molecule has 0 radical (unpaired) electrons. The quantitative estimate of drug-likeness (QED) is 0.840. The van der Waals surface area contributed by atoms with Crippen molar-refractivity contribution in [2.75, 3.05) is 12.4 Å². The number of carbonyl (C=O) groups excluding carboxylic acids is 2. The van der Waals surface area contributed by atoms with E-state index >= 15 is 0 Å². The van der Waals surface area contributed by atoms with Gasteiger partial charge < -0.3 is 15.4 Å². The Bertz CT molecular complexity index is 699. The fourth-order valence-corrected chi connectivity index (χ4v) is 2.39. The van der Waals surface area contributed by atoms with E-state index in [1.165, 1.54) is 6.92 Å². The molecule has 2 amide bonds. The van der Waals surface area contributed by atoms with E-state index in [1.54, 1.807) is 43.5 Å². The molecule has 2 rings (SSSR count). The van der Waals surface area contributed by atoms with Crippen molar-refractivity contribution in [3.8, 4) is 5.75 Å². The van der Waals surface area contributed by atoms with E-state index in [4.69, 9.17) is 16.3 Å². The first-order chi connectivity index (χ1) is 11.5. The summed E-state index contributed by atoms with van der Waals surface area (Å²) in [6.45, 7) is 1.42. The fraction of sp³-hybridized carbons (Fsp3) is 0.222. The average Bonchev–Trinajstić information content (AvgIpc) is 2.56. The summed E-state index contributed by atoms with van der Waals surface area (Å²) in [4.78, 5) is 23.7. The van der Waals surface area contributed by atoms with E-state index < -0.39 is 6.04 Å². The van der Waals surface area contributed by atoms with Crippen molar-refractivity contribution in [2.24, 2.45) is 0 Å². The summed E-state index contributed by atoms with van der Waals surface area (Å²) in [7, 11) is 1.58. The zero-order chi connectivity index (χ0) is 17.5. The minimum absolute atomic E-state index is 0.120. The van der Waals surface area contributed by atoms with Crippen LogP contribution in [0.3, 0.4) is 0 Å². The molecule has 5 nitrogen and oxygen atoms in total. The number of nitrogens with one attached hydrogen (secondary N) is 2. The van der Waals surface area contributed by atoms with Crippen LogP contribution in [0.15, 0.2) is 48.5 Å². The number of amides is 2. The predicted octanol–water partition coefficient (Wildman–Crippen LogP) is 3.55. The van der Waals surface area contributed by atoms with Crippen molar-refractivity contribution < 1.29 is 14.3 Å². The number of hydrogen-bond acceptors (Lipinski definition) is 3. The van der Waals surface area contributed by atoms with Crippen LogP contribution in [-0.2, 0) is 9.59 Å². The molecule has 0 aliphatic heterocycles. The first-order valence-corrected chi connectivity index (χ1v) is 7.82. The summed E-state index contributed by atoms with van der Waals surface area (Å²) in [5.74, 6) is 0.313. The van der Waals surface area contributed by atoms with Crippen LogP contribution in [0, 0.1) is 0 Å². The zero-order valence-corrected chi connectivity index (χ0v) is 14.3. The minimum atomic E-state index is -0.416. The molecule has 0 aliphatic carbocycles. The first kappa shape index (κ1) is 17.8. The number of halogens is 1. The van der Waals surface area contributed by atoms with E-state index in [0.29, 0.717) is 16.5 Å². The molecule has 0 heterocycles. The highest BCUT2D eigenvalue weighted by molar-refractivity contribution is 6.30. The lowest BCUT2D eigenvalue weighted by atomic mass is 10.0. The lowest BCUT2D eigenvalue weighted by Gasteiger charge is -2.18. The molecule has 0 fully saturated rings. The van der Waals surface area contributed by atoms with Crippen LogP contribution in [0.2, 0.25) is 5.02 Å². The second-order valence-corrected chi connectivity index (χ2v) is 5.72. The predicted molar refractivity (Wildman–Crippen MR) is 94.3 cm³/mol. The molecule has 6 heteroatoms. The lowest BCUT2D eigenvalue weighted by Crippen LogP contribution is -2.29. The number of anilines is 1. The Morgan fingerprint density at radius 3 is 2.25 bits per heavy atom. The van der Waals surface area contributed by atoms with Gasteiger partial charge in [-0.15, -0.1) is 0 Å². The van der Waals surface area contributed by atoms with E-state index in [1.807, 2.05) is 12.1 Å². The molecule has 0 saturated carbocycles. The van der Waals surface area contributed by atoms with E-state index in [0.717, 1.165) is 5.56 Å². The maximum atomic E-state index is 12.3. The van der Waals surface area contributed by atoms with Crippen molar-refractivity contribution in [1.82, 2.24) is 5.32 Å². The second kappa shape index (κ2) is 8.36. The van der Waals surface area contributed by atoms with Crippen LogP contribution < -0.4 is 15.4 Å². The summed E-state index contributed by atoms with van der Waals surface area (Å²) in [5, 5.41) is 6.19. The number of ether oxygens (including phenoxy) is 1. The van der Waals surface area contributed by atoms with Gasteiger partial charge in [0, 0.05) is 17.6 Å². The van der Waals surface area contributed by atoms with Gasteiger partial charge in [0.25, 0.3) is 0 Å². The maximum Gasteiger partial charge on any atom is 0.226 e. The molecule has 0 saturated heterocycles. The normalized spacial score (nSPS) is 11.5. The summed E-state index contributed by atoms with van der Waals surface area (Å²) < 4.78 is 5.12. The molecule has 2 aromatic carbocycles. The molecule has 1 atom stereocenters. The largest absolute Gasteiger partial charge is 0.497 e. The van der Waals surface area contributed by atoms with Crippen molar-refractivity contribution >= 4 is 29.1 Å². The highest BCUT2D eigenvalue weighted by Gasteiger charge is 2.17. The molecule has 0 spiro atoms. The SMILES string of the molecule is COc1ccc(C(CC(=O)Nc2ccc(Cl)cc2)NC(C)=O)cc1. The Kier molecular flexibility index (Phi) is 6.21. The summed E-state index contributed by atoms with van der Waals surface area (Å²) >= 11 is 5.82. The number of rotatable bonds is 6. The summed E-state index contributed by atoms with van der Waals surface area (Å²) in [5.41, 5.74) is 1.48. The zero-order valence-electron chi connectivity index (χ0n) is 13.5. The van der Waals surface area contributed by atoms with Gasteiger partial charge in [0.05, 0.1) is 19.6 Å². The Balaban J connectivity index is 2.08. The smallest absolute Gasteiger partial charge is 0.226 e. The summed E-state index contributed by atoms with van der Waals surface area (Å²) in [6, 6.07) is 13.7. The van der Waals surface area contributed by atoms with Crippen molar-refractivity contribution in [2.45, 2.75) is 19.4 Å². The third-order valence-corrected chi connectivity index (χ3v) is 3.67. The maximum absolute atomic E-state index is 12.3. The van der Waals surface area contributed by atoms with Crippen LogP contribution >= 0.6 is 11.6 Å². The van der Waals surface area contributed by atoms with Gasteiger partial charge >= 0.3 is 0 Å². The lowest BCUT2D eigenvalue weighted by molar-refractivity contribution is -0.120. The van der Waals surface area contributed by atoms with Gasteiger partial charge in [-0.25, -0.2) is 0 Å². The molecule has 1 unspecified atom stereocenters. The minimum Gasteiger partial charge on any atom is -0.497 e. The molecule has 2 aromatic rings. The van der Waals surface area contributed by atoms with Crippen molar-refractivity contribution in [3.05, 3.63) is 59.1 Å².